The van der Waals surface area contributed by atoms with Gasteiger partial charge in [0.25, 0.3) is 0 Å². The van der Waals surface area contributed by atoms with Gasteiger partial charge >= 0.3 is 18.2 Å². The highest BCUT2D eigenvalue weighted by atomic mass is 19.4. The number of carbonyl (C=O) groups is 2. The summed E-state index contributed by atoms with van der Waals surface area (Å²) in [6, 6.07) is 3.02. The van der Waals surface area contributed by atoms with Crippen molar-refractivity contribution in [3.8, 4) is 0 Å². The molecule has 0 spiro atoms. The number of aliphatic carboxylic acids is 1. The number of urea groups is 1. The summed E-state index contributed by atoms with van der Waals surface area (Å²) in [4.78, 5) is 23.3. The number of hydrogen-bond acceptors (Lipinski definition) is 2. The van der Waals surface area contributed by atoms with Crippen LogP contribution in [0.25, 0.3) is 0 Å². The van der Waals surface area contributed by atoms with Gasteiger partial charge in [-0.2, -0.15) is 13.2 Å². The lowest BCUT2D eigenvalue weighted by molar-refractivity contribution is -0.139. The van der Waals surface area contributed by atoms with E-state index < -0.39 is 29.8 Å². The number of alkyl halides is 3. The van der Waals surface area contributed by atoms with Crippen LogP contribution in [0.15, 0.2) is 24.3 Å². The van der Waals surface area contributed by atoms with Gasteiger partial charge in [0, 0.05) is 13.6 Å². The number of carbonyl (C=O) groups excluding carboxylic acids is 1. The van der Waals surface area contributed by atoms with E-state index in [1.807, 2.05) is 0 Å². The second-order valence-corrected chi connectivity index (χ2v) is 4.52. The average molecular weight is 304 g/mol. The predicted molar refractivity (Wildman–Crippen MR) is 68.5 cm³/mol. The van der Waals surface area contributed by atoms with Gasteiger partial charge in [-0.3, -0.25) is 4.79 Å². The van der Waals surface area contributed by atoms with Gasteiger partial charge in [0.05, 0.1) is 5.56 Å². The number of benzene rings is 1. The smallest absolute Gasteiger partial charge is 0.416 e. The molecule has 0 aliphatic heterocycles. The maximum absolute atomic E-state index is 12.8. The summed E-state index contributed by atoms with van der Waals surface area (Å²) in [6.45, 7) is 0.978. The number of hydrogen-bond donors (Lipinski definition) is 2. The molecule has 0 bridgehead atoms. The molecule has 0 saturated heterocycles. The molecular weight excluding hydrogens is 289 g/mol. The summed E-state index contributed by atoms with van der Waals surface area (Å²) in [6.07, 6.45) is -4.51. The van der Waals surface area contributed by atoms with E-state index >= 15 is 0 Å². The molecule has 1 aromatic carbocycles. The van der Waals surface area contributed by atoms with Gasteiger partial charge in [-0.25, -0.2) is 4.79 Å². The maximum Gasteiger partial charge on any atom is 0.416 e. The Morgan fingerprint density at radius 3 is 2.43 bits per heavy atom. The van der Waals surface area contributed by atoms with Crippen molar-refractivity contribution in [2.24, 2.45) is 0 Å². The molecule has 1 rings (SSSR count). The molecule has 2 N–H and O–H groups in total. The van der Waals surface area contributed by atoms with Gasteiger partial charge in [0.1, 0.15) is 6.04 Å². The molecule has 0 aliphatic rings. The summed E-state index contributed by atoms with van der Waals surface area (Å²) < 4.78 is 38.5. The molecule has 5 nitrogen and oxygen atoms in total. The summed E-state index contributed by atoms with van der Waals surface area (Å²) in [5.41, 5.74) is -0.887. The molecule has 0 fully saturated rings. The normalized spacial score (nSPS) is 12.6. The Morgan fingerprint density at radius 1 is 1.33 bits per heavy atom. The van der Waals surface area contributed by atoms with Crippen molar-refractivity contribution in [3.63, 3.8) is 0 Å². The number of rotatable bonds is 4. The lowest BCUT2D eigenvalue weighted by atomic mass is 10.1. The van der Waals surface area contributed by atoms with Crippen molar-refractivity contribution < 1.29 is 27.9 Å². The average Bonchev–Trinajstić information content (AvgIpc) is 2.37. The van der Waals surface area contributed by atoms with Crippen LogP contribution in [0.2, 0.25) is 0 Å². The Bertz CT molecular complexity index is 532. The monoisotopic (exact) mass is 304 g/mol. The summed E-state index contributed by atoms with van der Waals surface area (Å²) in [5, 5.41) is 10.8. The van der Waals surface area contributed by atoms with Crippen LogP contribution >= 0.6 is 0 Å². The third kappa shape index (κ3) is 4.66. The van der Waals surface area contributed by atoms with Gasteiger partial charge in [0.2, 0.25) is 0 Å². The highest BCUT2D eigenvalue weighted by Crippen LogP contribution is 2.32. The molecule has 0 saturated carbocycles. The van der Waals surface area contributed by atoms with Crippen molar-refractivity contribution in [1.29, 1.82) is 0 Å². The molecule has 0 heterocycles. The fourth-order valence-corrected chi connectivity index (χ4v) is 1.62. The second-order valence-electron chi connectivity index (χ2n) is 4.52. The number of nitrogens with zero attached hydrogens (tertiary/aromatic N) is 1. The summed E-state index contributed by atoms with van der Waals surface area (Å²) in [7, 11) is 1.29. The maximum atomic E-state index is 12.8. The number of nitrogens with one attached hydrogen (secondary N) is 1. The minimum absolute atomic E-state index is 0.0642. The van der Waals surface area contributed by atoms with E-state index in [0.29, 0.717) is 0 Å². The van der Waals surface area contributed by atoms with E-state index in [4.69, 9.17) is 5.11 Å². The highest BCUT2D eigenvalue weighted by Gasteiger charge is 2.33. The molecule has 21 heavy (non-hydrogen) atoms. The summed E-state index contributed by atoms with van der Waals surface area (Å²) in [5.74, 6) is -1.23. The van der Waals surface area contributed by atoms with E-state index in [1.54, 1.807) is 0 Å². The molecule has 1 aromatic rings. The van der Waals surface area contributed by atoms with Crippen molar-refractivity contribution in [2.45, 2.75) is 25.7 Å². The third-order valence-electron chi connectivity index (χ3n) is 2.79. The van der Waals surface area contributed by atoms with Gasteiger partial charge in [-0.1, -0.05) is 18.2 Å². The zero-order valence-electron chi connectivity index (χ0n) is 11.4. The first kappa shape index (κ1) is 16.8. The number of carboxylic acids is 1. The number of halogens is 3. The standard InChI is InChI=1S/C13H15F3N2O3/c1-8(11(19)20)17-12(21)18(2)7-9-5-3-4-6-10(9)13(14,15)16/h3-6,8H,7H2,1-2H3,(H,17,21)(H,19,20)/t8-/m1/s1. The fraction of sp³-hybridized carbons (Fsp3) is 0.385. The molecule has 1 atom stereocenters. The molecule has 0 radical (unpaired) electrons. The molecule has 0 aromatic heterocycles. The first-order chi connectivity index (χ1) is 9.62. The van der Waals surface area contributed by atoms with Crippen LogP contribution in [0.3, 0.4) is 0 Å². The lowest BCUT2D eigenvalue weighted by Crippen LogP contribution is -2.45. The SMILES string of the molecule is C[C@@H](NC(=O)N(C)Cc1ccccc1C(F)(F)F)C(=O)O. The quantitative estimate of drug-likeness (QED) is 0.897. The first-order valence-electron chi connectivity index (χ1n) is 6.02. The van der Waals surface area contributed by atoms with E-state index in [9.17, 15) is 22.8 Å². The van der Waals surface area contributed by atoms with E-state index in [1.165, 1.54) is 32.2 Å². The van der Waals surface area contributed by atoms with E-state index in [-0.39, 0.29) is 12.1 Å². The topological polar surface area (TPSA) is 69.6 Å². The van der Waals surface area contributed by atoms with Gasteiger partial charge in [-0.05, 0) is 18.6 Å². The third-order valence-corrected chi connectivity index (χ3v) is 2.79. The van der Waals surface area contributed by atoms with Crippen molar-refractivity contribution >= 4 is 12.0 Å². The van der Waals surface area contributed by atoms with E-state index in [2.05, 4.69) is 5.32 Å². The van der Waals surface area contributed by atoms with Crippen molar-refractivity contribution in [3.05, 3.63) is 35.4 Å². The molecule has 0 unspecified atom stereocenters. The van der Waals surface area contributed by atoms with Crippen LogP contribution in [-0.4, -0.2) is 35.1 Å². The van der Waals surface area contributed by atoms with Crippen LogP contribution in [0.5, 0.6) is 0 Å². The lowest BCUT2D eigenvalue weighted by Gasteiger charge is -2.21. The Hall–Kier alpha value is -2.25. The minimum Gasteiger partial charge on any atom is -0.480 e. The second kappa shape index (κ2) is 6.47. The zero-order valence-corrected chi connectivity index (χ0v) is 11.4. The molecule has 116 valence electrons. The van der Waals surface area contributed by atoms with Crippen LogP contribution in [0.1, 0.15) is 18.1 Å². The van der Waals surface area contributed by atoms with Gasteiger partial charge in [-0.15, -0.1) is 0 Å². The largest absolute Gasteiger partial charge is 0.480 e. The molecule has 0 aliphatic carbocycles. The number of amides is 2. The Kier molecular flexibility index (Phi) is 5.17. The predicted octanol–water partition coefficient (Wildman–Crippen LogP) is 2.32. The van der Waals surface area contributed by atoms with E-state index in [0.717, 1.165) is 11.0 Å². The zero-order chi connectivity index (χ0) is 16.2. The van der Waals surface area contributed by atoms with Gasteiger partial charge < -0.3 is 15.3 Å². The number of carboxylic acid groups (broad SMARTS) is 1. The van der Waals surface area contributed by atoms with Crippen LogP contribution in [0, 0.1) is 0 Å². The van der Waals surface area contributed by atoms with Crippen LogP contribution in [-0.2, 0) is 17.5 Å². The molecule has 8 heteroatoms. The summed E-state index contributed by atoms with van der Waals surface area (Å²) >= 11 is 0. The minimum atomic E-state index is -4.51. The Morgan fingerprint density at radius 2 is 1.90 bits per heavy atom. The highest BCUT2D eigenvalue weighted by molar-refractivity contribution is 5.82. The molecule has 2 amide bonds. The van der Waals surface area contributed by atoms with Crippen molar-refractivity contribution in [2.75, 3.05) is 7.05 Å². The van der Waals surface area contributed by atoms with Crippen molar-refractivity contribution in [1.82, 2.24) is 10.2 Å². The van der Waals surface area contributed by atoms with Crippen LogP contribution < -0.4 is 5.32 Å². The Balaban J connectivity index is 2.82. The molecular formula is C13H15F3N2O3. The fourth-order valence-electron chi connectivity index (χ4n) is 1.62. The Labute approximate surface area is 119 Å². The van der Waals surface area contributed by atoms with Gasteiger partial charge in [0.15, 0.2) is 0 Å². The van der Waals surface area contributed by atoms with Crippen LogP contribution in [0.4, 0.5) is 18.0 Å². The first-order valence-corrected chi connectivity index (χ1v) is 6.02.